The molecule has 0 aromatic heterocycles. The van der Waals surface area contributed by atoms with Gasteiger partial charge in [-0.05, 0) is 40.3 Å². The van der Waals surface area contributed by atoms with Gasteiger partial charge >= 0.3 is 0 Å². The van der Waals surface area contributed by atoms with Crippen molar-refractivity contribution in [2.45, 2.75) is 45.4 Å². The van der Waals surface area contributed by atoms with Crippen molar-refractivity contribution in [3.63, 3.8) is 0 Å². The summed E-state index contributed by atoms with van der Waals surface area (Å²) in [5.74, 6) is 0. The van der Waals surface area contributed by atoms with E-state index in [0.29, 0.717) is 42.1 Å². The summed E-state index contributed by atoms with van der Waals surface area (Å²) >= 11 is 0. The Morgan fingerprint density at radius 3 is 2.69 bits per heavy atom. The molecule has 6 heteroatoms. The topological polar surface area (TPSA) is 94.7 Å². The smallest absolute Gasteiger partial charge is 0.136 e. The van der Waals surface area contributed by atoms with Gasteiger partial charge in [0.1, 0.15) is 17.7 Å². The Morgan fingerprint density at radius 1 is 1.27 bits per heavy atom. The Hall–Kier alpha value is -2.89. The number of aldehydes is 1. The standard InChI is InChI=1S/C20H24N4O2/c1-20(2,3)15-12-14(8-7-11-25)13-18(19(15)24-26)23-22-17-10-6-4-5-9-16(17)21/h4-6,10-13,21,23H,7-9H2,1-3H3/b21-16?,22-17-. The first-order valence-corrected chi connectivity index (χ1v) is 8.56. The lowest BCUT2D eigenvalue weighted by Crippen LogP contribution is -2.14. The fourth-order valence-corrected chi connectivity index (χ4v) is 2.66. The minimum absolute atomic E-state index is 0.289. The highest BCUT2D eigenvalue weighted by Gasteiger charge is 2.22. The maximum Gasteiger partial charge on any atom is 0.136 e. The fraction of sp³-hybridized carbons (Fsp3) is 0.350. The highest BCUT2D eigenvalue weighted by Crippen LogP contribution is 2.38. The number of aryl methyl sites for hydroxylation is 1. The lowest BCUT2D eigenvalue weighted by atomic mass is 9.84. The van der Waals surface area contributed by atoms with E-state index >= 15 is 0 Å². The van der Waals surface area contributed by atoms with E-state index in [1.165, 1.54) is 0 Å². The lowest BCUT2D eigenvalue weighted by molar-refractivity contribution is -0.107. The normalized spacial score (nSPS) is 15.8. The molecule has 1 aromatic rings. The first kappa shape index (κ1) is 19.4. The number of nitrogens with zero attached hydrogens (tertiary/aromatic N) is 2. The predicted octanol–water partition coefficient (Wildman–Crippen LogP) is 4.82. The second-order valence-corrected chi connectivity index (χ2v) is 7.16. The van der Waals surface area contributed by atoms with Crippen molar-refractivity contribution >= 4 is 29.1 Å². The summed E-state index contributed by atoms with van der Waals surface area (Å²) in [7, 11) is 0. The molecule has 0 atom stereocenters. The molecule has 0 saturated carbocycles. The molecule has 0 bridgehead atoms. The number of hydrazone groups is 1. The molecule has 6 nitrogen and oxygen atoms in total. The first-order valence-electron chi connectivity index (χ1n) is 8.56. The van der Waals surface area contributed by atoms with Crippen molar-refractivity contribution in [2.75, 3.05) is 5.43 Å². The molecular formula is C20H24N4O2. The molecule has 1 aliphatic rings. The van der Waals surface area contributed by atoms with Crippen molar-refractivity contribution < 1.29 is 4.79 Å². The molecule has 2 rings (SSSR count). The third kappa shape index (κ3) is 4.81. The van der Waals surface area contributed by atoms with E-state index in [4.69, 9.17) is 5.41 Å². The average Bonchev–Trinajstić information content (AvgIpc) is 2.81. The monoisotopic (exact) mass is 352 g/mol. The number of nitrogens with one attached hydrogen (secondary N) is 2. The number of allylic oxidation sites excluding steroid dienone is 4. The van der Waals surface area contributed by atoms with E-state index in [9.17, 15) is 9.70 Å². The van der Waals surface area contributed by atoms with Crippen LogP contribution in [0.3, 0.4) is 0 Å². The number of anilines is 1. The van der Waals surface area contributed by atoms with E-state index in [0.717, 1.165) is 17.4 Å². The molecular weight excluding hydrogens is 328 g/mol. The van der Waals surface area contributed by atoms with E-state index < -0.39 is 0 Å². The number of hydrogen-bond donors (Lipinski definition) is 2. The number of carbonyl (C=O) groups is 1. The lowest BCUT2D eigenvalue weighted by Gasteiger charge is -2.23. The third-order valence-corrected chi connectivity index (χ3v) is 4.05. The Morgan fingerprint density at radius 2 is 2.04 bits per heavy atom. The van der Waals surface area contributed by atoms with Crippen LogP contribution in [-0.4, -0.2) is 17.7 Å². The molecule has 1 aromatic carbocycles. The van der Waals surface area contributed by atoms with Crippen LogP contribution in [0.4, 0.5) is 11.4 Å². The maximum absolute atomic E-state index is 11.5. The predicted molar refractivity (Wildman–Crippen MR) is 107 cm³/mol. The molecule has 0 amide bonds. The van der Waals surface area contributed by atoms with Gasteiger partial charge in [-0.3, -0.25) is 5.43 Å². The highest BCUT2D eigenvalue weighted by atomic mass is 16.3. The zero-order chi connectivity index (χ0) is 19.2. The van der Waals surface area contributed by atoms with Crippen LogP contribution in [0.15, 0.2) is 46.7 Å². The molecule has 2 N–H and O–H groups in total. The number of hydrogen-bond acceptors (Lipinski definition) is 6. The Bertz CT molecular complexity index is 799. The van der Waals surface area contributed by atoms with Gasteiger partial charge in [0.05, 0.1) is 11.4 Å². The summed E-state index contributed by atoms with van der Waals surface area (Å²) in [6.45, 7) is 6.02. The van der Waals surface area contributed by atoms with Crippen molar-refractivity contribution in [1.82, 2.24) is 0 Å². The summed E-state index contributed by atoms with van der Waals surface area (Å²) in [4.78, 5) is 22.3. The molecule has 0 heterocycles. The number of carbonyl (C=O) groups excluding carboxylic acids is 1. The van der Waals surface area contributed by atoms with Gasteiger partial charge in [0, 0.05) is 12.8 Å². The van der Waals surface area contributed by atoms with E-state index in [-0.39, 0.29) is 5.41 Å². The number of benzene rings is 1. The summed E-state index contributed by atoms with van der Waals surface area (Å²) in [5, 5.41) is 15.5. The zero-order valence-electron chi connectivity index (χ0n) is 15.4. The van der Waals surface area contributed by atoms with Gasteiger partial charge in [-0.15, -0.1) is 4.91 Å². The van der Waals surface area contributed by atoms with Gasteiger partial charge in [0.2, 0.25) is 0 Å². The van der Waals surface area contributed by atoms with Crippen LogP contribution in [0.1, 0.15) is 44.7 Å². The third-order valence-electron chi connectivity index (χ3n) is 4.05. The minimum Gasteiger partial charge on any atom is -0.303 e. The van der Waals surface area contributed by atoms with E-state index in [1.807, 2.05) is 45.1 Å². The zero-order valence-corrected chi connectivity index (χ0v) is 15.4. The molecule has 0 unspecified atom stereocenters. The summed E-state index contributed by atoms with van der Waals surface area (Å²) in [5.41, 5.74) is 6.03. The molecule has 0 saturated heterocycles. The van der Waals surface area contributed by atoms with Crippen LogP contribution in [0.25, 0.3) is 0 Å². The highest BCUT2D eigenvalue weighted by molar-refractivity contribution is 6.46. The van der Waals surface area contributed by atoms with Gasteiger partial charge in [-0.2, -0.15) is 5.10 Å². The van der Waals surface area contributed by atoms with Gasteiger partial charge in [0.25, 0.3) is 0 Å². The van der Waals surface area contributed by atoms with Crippen LogP contribution in [-0.2, 0) is 16.6 Å². The van der Waals surface area contributed by atoms with Crippen LogP contribution in [0.5, 0.6) is 0 Å². The largest absolute Gasteiger partial charge is 0.303 e. The summed E-state index contributed by atoms with van der Waals surface area (Å²) < 4.78 is 0. The molecule has 0 aliphatic heterocycles. The Balaban J connectivity index is 2.46. The average molecular weight is 352 g/mol. The molecule has 0 spiro atoms. The van der Waals surface area contributed by atoms with Gasteiger partial charge in [0.15, 0.2) is 0 Å². The van der Waals surface area contributed by atoms with Crippen LogP contribution >= 0.6 is 0 Å². The van der Waals surface area contributed by atoms with Crippen LogP contribution < -0.4 is 5.43 Å². The Labute approximate surface area is 153 Å². The van der Waals surface area contributed by atoms with Gasteiger partial charge < -0.3 is 10.2 Å². The van der Waals surface area contributed by atoms with Crippen molar-refractivity contribution in [3.8, 4) is 0 Å². The van der Waals surface area contributed by atoms with E-state index in [2.05, 4.69) is 15.7 Å². The molecule has 0 radical (unpaired) electrons. The maximum atomic E-state index is 11.5. The number of nitroso groups, excluding NO2 is 1. The number of rotatable bonds is 6. The SMILES string of the molecule is CC(C)(C)c1cc(CCC=O)cc(N/N=C2/C=CC=CCC2=N)c1N=O. The van der Waals surface area contributed by atoms with Gasteiger partial charge in [-0.25, -0.2) is 0 Å². The molecule has 26 heavy (non-hydrogen) atoms. The minimum atomic E-state index is -0.289. The van der Waals surface area contributed by atoms with Crippen LogP contribution in [0, 0.1) is 10.3 Å². The summed E-state index contributed by atoms with van der Waals surface area (Å²) in [6, 6.07) is 3.72. The van der Waals surface area contributed by atoms with E-state index in [1.54, 1.807) is 12.1 Å². The van der Waals surface area contributed by atoms with Crippen molar-refractivity contribution in [2.24, 2.45) is 10.3 Å². The first-order chi connectivity index (χ1) is 12.4. The molecule has 0 fully saturated rings. The Kier molecular flexibility index (Phi) is 6.33. The molecule has 1 aliphatic carbocycles. The second-order valence-electron chi connectivity index (χ2n) is 7.16. The molecule has 136 valence electrons. The fourth-order valence-electron chi connectivity index (χ4n) is 2.66. The van der Waals surface area contributed by atoms with Crippen molar-refractivity contribution in [3.05, 3.63) is 52.5 Å². The van der Waals surface area contributed by atoms with Crippen molar-refractivity contribution in [1.29, 1.82) is 5.41 Å². The summed E-state index contributed by atoms with van der Waals surface area (Å²) in [6.07, 6.45) is 9.68. The quantitative estimate of drug-likeness (QED) is 0.436. The van der Waals surface area contributed by atoms with Gasteiger partial charge in [-0.1, -0.05) is 45.1 Å². The second kappa shape index (κ2) is 8.47. The van der Waals surface area contributed by atoms with Crippen LogP contribution in [0.2, 0.25) is 0 Å².